The van der Waals surface area contributed by atoms with Crippen molar-refractivity contribution in [3.05, 3.63) is 35.4 Å². The van der Waals surface area contributed by atoms with Crippen molar-refractivity contribution < 1.29 is 18.4 Å². The van der Waals surface area contributed by atoms with E-state index < -0.39 is 11.6 Å². The Kier molecular flexibility index (Phi) is 10.3. The minimum Gasteiger partial charge on any atom is -0.356 e. The number of amides is 2. The molecule has 0 radical (unpaired) electrons. The molecule has 1 heterocycles. The predicted octanol–water partition coefficient (Wildman–Crippen LogP) is 2.64. The molecule has 1 saturated heterocycles. The van der Waals surface area contributed by atoms with Gasteiger partial charge in [-0.15, -0.1) is 12.4 Å². The van der Waals surface area contributed by atoms with Crippen LogP contribution in [-0.2, 0) is 9.59 Å². The molecule has 0 spiro atoms. The van der Waals surface area contributed by atoms with Crippen molar-refractivity contribution in [2.45, 2.75) is 51.0 Å². The molecule has 2 rings (SSSR count). The molecule has 1 fully saturated rings. The Labute approximate surface area is 165 Å². The Morgan fingerprint density at radius 1 is 1.19 bits per heavy atom. The minimum atomic E-state index is -0.871. The number of carbonyl (C=O) groups is 2. The third-order valence-corrected chi connectivity index (χ3v) is 4.58. The molecule has 1 aliphatic heterocycles. The second-order valence-corrected chi connectivity index (χ2v) is 6.65. The van der Waals surface area contributed by atoms with Gasteiger partial charge in [0.1, 0.15) is 0 Å². The SMILES string of the molecule is CCCNC(=O)CCCC(=O)NC1CNCCC1c1ccc(F)c(F)c1.Cl. The van der Waals surface area contributed by atoms with Crippen molar-refractivity contribution in [3.63, 3.8) is 0 Å². The van der Waals surface area contributed by atoms with Crippen molar-refractivity contribution in [2.24, 2.45) is 0 Å². The van der Waals surface area contributed by atoms with Gasteiger partial charge < -0.3 is 16.0 Å². The van der Waals surface area contributed by atoms with Gasteiger partial charge >= 0.3 is 0 Å². The number of benzene rings is 1. The van der Waals surface area contributed by atoms with E-state index in [-0.39, 0.29) is 42.6 Å². The fraction of sp³-hybridized carbons (Fsp3) is 0.579. The van der Waals surface area contributed by atoms with E-state index >= 15 is 0 Å². The molecule has 152 valence electrons. The van der Waals surface area contributed by atoms with Gasteiger partial charge in [0.25, 0.3) is 0 Å². The maximum Gasteiger partial charge on any atom is 0.220 e. The van der Waals surface area contributed by atoms with E-state index in [0.29, 0.717) is 31.5 Å². The molecule has 5 nitrogen and oxygen atoms in total. The summed E-state index contributed by atoms with van der Waals surface area (Å²) in [6.45, 7) is 3.96. The zero-order valence-corrected chi connectivity index (χ0v) is 16.3. The molecule has 0 saturated carbocycles. The van der Waals surface area contributed by atoms with Crippen LogP contribution in [0.2, 0.25) is 0 Å². The number of hydrogen-bond acceptors (Lipinski definition) is 3. The van der Waals surface area contributed by atoms with Crippen molar-refractivity contribution in [3.8, 4) is 0 Å². The average molecular weight is 404 g/mol. The van der Waals surface area contributed by atoms with Gasteiger partial charge in [-0.3, -0.25) is 9.59 Å². The lowest BCUT2D eigenvalue weighted by molar-refractivity contribution is -0.123. The first-order valence-electron chi connectivity index (χ1n) is 9.23. The molecular formula is C19H28ClF2N3O2. The van der Waals surface area contributed by atoms with E-state index in [4.69, 9.17) is 0 Å². The van der Waals surface area contributed by atoms with E-state index in [0.717, 1.165) is 25.5 Å². The van der Waals surface area contributed by atoms with Crippen molar-refractivity contribution in [1.29, 1.82) is 0 Å². The van der Waals surface area contributed by atoms with Crippen molar-refractivity contribution in [1.82, 2.24) is 16.0 Å². The number of nitrogens with one attached hydrogen (secondary N) is 3. The van der Waals surface area contributed by atoms with Gasteiger partial charge in [-0.1, -0.05) is 13.0 Å². The van der Waals surface area contributed by atoms with Gasteiger partial charge in [0, 0.05) is 37.9 Å². The largest absolute Gasteiger partial charge is 0.356 e. The summed E-state index contributed by atoms with van der Waals surface area (Å²) in [7, 11) is 0. The van der Waals surface area contributed by atoms with E-state index in [9.17, 15) is 18.4 Å². The summed E-state index contributed by atoms with van der Waals surface area (Å²) in [4.78, 5) is 23.8. The lowest BCUT2D eigenvalue weighted by Crippen LogP contribution is -2.50. The second-order valence-electron chi connectivity index (χ2n) is 6.65. The zero-order valence-electron chi connectivity index (χ0n) is 15.5. The zero-order chi connectivity index (χ0) is 18.9. The molecule has 1 aromatic rings. The lowest BCUT2D eigenvalue weighted by atomic mass is 9.86. The van der Waals surface area contributed by atoms with Crippen molar-refractivity contribution >= 4 is 24.2 Å². The maximum atomic E-state index is 13.5. The summed E-state index contributed by atoms with van der Waals surface area (Å²) in [5, 5.41) is 8.96. The topological polar surface area (TPSA) is 70.2 Å². The summed E-state index contributed by atoms with van der Waals surface area (Å²) in [6, 6.07) is 3.73. The standard InChI is InChI=1S/C19H27F2N3O2.ClH/c1-2-9-23-18(25)4-3-5-19(26)24-17-12-22-10-8-14(17)13-6-7-15(20)16(21)11-13;/h6-7,11,14,17,22H,2-5,8-10,12H2,1H3,(H,23,25)(H,24,26);1H. The molecule has 1 aromatic carbocycles. The number of halogens is 3. The summed E-state index contributed by atoms with van der Waals surface area (Å²) < 4.78 is 26.7. The van der Waals surface area contributed by atoms with Crippen LogP contribution in [0.4, 0.5) is 8.78 Å². The summed E-state index contributed by atoms with van der Waals surface area (Å²) in [5.74, 6) is -1.98. The van der Waals surface area contributed by atoms with Gasteiger partial charge in [0.2, 0.25) is 11.8 Å². The molecule has 0 aromatic heterocycles. The van der Waals surface area contributed by atoms with Gasteiger partial charge in [0.15, 0.2) is 11.6 Å². The number of hydrogen-bond donors (Lipinski definition) is 3. The first-order chi connectivity index (χ1) is 12.5. The minimum absolute atomic E-state index is 0. The first-order valence-corrected chi connectivity index (χ1v) is 9.23. The van der Waals surface area contributed by atoms with Crippen molar-refractivity contribution in [2.75, 3.05) is 19.6 Å². The summed E-state index contributed by atoms with van der Waals surface area (Å²) >= 11 is 0. The molecule has 3 N–H and O–H groups in total. The van der Waals surface area contributed by atoms with Gasteiger partial charge in [0.05, 0.1) is 0 Å². The number of piperidine rings is 1. The third-order valence-electron chi connectivity index (χ3n) is 4.58. The highest BCUT2D eigenvalue weighted by Crippen LogP contribution is 2.27. The highest BCUT2D eigenvalue weighted by atomic mass is 35.5. The molecule has 2 unspecified atom stereocenters. The van der Waals surface area contributed by atoms with Gasteiger partial charge in [-0.2, -0.15) is 0 Å². The van der Waals surface area contributed by atoms with Crippen LogP contribution < -0.4 is 16.0 Å². The highest BCUT2D eigenvalue weighted by Gasteiger charge is 2.28. The molecule has 27 heavy (non-hydrogen) atoms. The molecule has 0 aliphatic carbocycles. The lowest BCUT2D eigenvalue weighted by Gasteiger charge is -2.33. The average Bonchev–Trinajstić information content (AvgIpc) is 2.63. The number of rotatable bonds is 8. The Bertz CT molecular complexity index is 631. The van der Waals surface area contributed by atoms with Crippen LogP contribution in [0.15, 0.2) is 18.2 Å². The second kappa shape index (κ2) is 11.9. The smallest absolute Gasteiger partial charge is 0.220 e. The highest BCUT2D eigenvalue weighted by molar-refractivity contribution is 5.85. The fourth-order valence-electron chi connectivity index (χ4n) is 3.19. The number of carbonyl (C=O) groups excluding carboxylic acids is 2. The molecule has 2 atom stereocenters. The summed E-state index contributed by atoms with van der Waals surface area (Å²) in [6.07, 6.45) is 2.68. The monoisotopic (exact) mass is 403 g/mol. The Hall–Kier alpha value is -1.73. The molecular weight excluding hydrogens is 376 g/mol. The fourth-order valence-corrected chi connectivity index (χ4v) is 3.19. The van der Waals surface area contributed by atoms with E-state index in [2.05, 4.69) is 16.0 Å². The predicted molar refractivity (Wildman–Crippen MR) is 103 cm³/mol. The molecule has 0 bridgehead atoms. The van der Waals surface area contributed by atoms with E-state index in [1.807, 2.05) is 6.92 Å². The Morgan fingerprint density at radius 3 is 2.63 bits per heavy atom. The van der Waals surface area contributed by atoms with Crippen LogP contribution in [-0.4, -0.2) is 37.5 Å². The van der Waals surface area contributed by atoms with Crippen LogP contribution in [0, 0.1) is 11.6 Å². The third kappa shape index (κ3) is 7.42. The van der Waals surface area contributed by atoms with Gasteiger partial charge in [-0.25, -0.2) is 8.78 Å². The quantitative estimate of drug-likeness (QED) is 0.625. The molecule has 1 aliphatic rings. The summed E-state index contributed by atoms with van der Waals surface area (Å²) in [5.41, 5.74) is 0.689. The maximum absolute atomic E-state index is 13.5. The Morgan fingerprint density at radius 2 is 1.93 bits per heavy atom. The molecule has 8 heteroatoms. The first kappa shape index (κ1) is 23.3. The van der Waals surface area contributed by atoms with Gasteiger partial charge in [-0.05, 0) is 43.5 Å². The van der Waals surface area contributed by atoms with Crippen LogP contribution in [0.25, 0.3) is 0 Å². The van der Waals surface area contributed by atoms with Crippen LogP contribution in [0.5, 0.6) is 0 Å². The van der Waals surface area contributed by atoms with Crippen LogP contribution in [0.3, 0.4) is 0 Å². The van der Waals surface area contributed by atoms with E-state index in [1.165, 1.54) is 6.07 Å². The normalized spacial score (nSPS) is 19.1. The Balaban J connectivity index is 0.00000364. The molecule has 2 amide bonds. The van der Waals surface area contributed by atoms with Crippen LogP contribution in [0.1, 0.15) is 50.5 Å². The van der Waals surface area contributed by atoms with Crippen LogP contribution >= 0.6 is 12.4 Å². The van der Waals surface area contributed by atoms with E-state index in [1.54, 1.807) is 6.07 Å².